The number of anilines is 2. The highest BCUT2D eigenvalue weighted by atomic mass is 16.6. The molecule has 0 aliphatic carbocycles. The van der Waals surface area contributed by atoms with Gasteiger partial charge in [0.2, 0.25) is 0 Å². The van der Waals surface area contributed by atoms with E-state index in [0.717, 1.165) is 33.6 Å². The van der Waals surface area contributed by atoms with Gasteiger partial charge in [-0.15, -0.1) is 0 Å². The van der Waals surface area contributed by atoms with Crippen molar-refractivity contribution in [3.63, 3.8) is 0 Å². The second-order valence-corrected chi connectivity index (χ2v) is 14.8. The van der Waals surface area contributed by atoms with Crippen LogP contribution in [0.2, 0.25) is 0 Å². The Bertz CT molecular complexity index is 2200. The van der Waals surface area contributed by atoms with Gasteiger partial charge < -0.3 is 4.90 Å². The molecule has 4 aromatic carbocycles. The van der Waals surface area contributed by atoms with Crippen LogP contribution in [-0.4, -0.2) is 32.7 Å². The molecule has 10 nitrogen and oxygen atoms in total. The molecule has 0 saturated carbocycles. The molecule has 264 valence electrons. The fraction of sp³-hybridized carbons (Fsp3) is 0.238. The number of allylic oxidation sites excluding steroid dienone is 1. The van der Waals surface area contributed by atoms with Crippen LogP contribution < -0.4 is 9.80 Å². The minimum atomic E-state index is -0.656. The first-order valence-electron chi connectivity index (χ1n) is 17.0. The average molecular weight is 697 g/mol. The molecule has 0 bridgehead atoms. The summed E-state index contributed by atoms with van der Waals surface area (Å²) in [5.41, 5.74) is 5.02. The topological polar surface area (TPSA) is 127 Å². The molecule has 10 heteroatoms. The third-order valence-corrected chi connectivity index (χ3v) is 10.1. The molecule has 2 aliphatic rings. The van der Waals surface area contributed by atoms with Gasteiger partial charge in [-0.2, -0.15) is 0 Å². The van der Waals surface area contributed by atoms with Gasteiger partial charge in [0.15, 0.2) is 0 Å². The first kappa shape index (κ1) is 35.7. The first-order chi connectivity index (χ1) is 24.5. The Labute approximate surface area is 302 Å². The summed E-state index contributed by atoms with van der Waals surface area (Å²) < 4.78 is 0. The molecule has 52 heavy (non-hydrogen) atoms. The number of para-hydroxylation sites is 1. The van der Waals surface area contributed by atoms with Crippen LogP contribution in [0.15, 0.2) is 109 Å². The number of hydrogen-bond donors (Lipinski definition) is 0. The fourth-order valence-corrected chi connectivity index (χ4v) is 7.85. The summed E-state index contributed by atoms with van der Waals surface area (Å²) in [5.74, 6) is -0.431. The van der Waals surface area contributed by atoms with Crippen molar-refractivity contribution in [3.05, 3.63) is 157 Å². The summed E-state index contributed by atoms with van der Waals surface area (Å²) in [6.45, 7) is 12.3. The van der Waals surface area contributed by atoms with Crippen LogP contribution in [0.5, 0.6) is 0 Å². The van der Waals surface area contributed by atoms with Crippen LogP contribution in [0.3, 0.4) is 0 Å². The lowest BCUT2D eigenvalue weighted by molar-refractivity contribution is -0.385. The van der Waals surface area contributed by atoms with E-state index in [1.54, 1.807) is 41.3 Å². The Kier molecular flexibility index (Phi) is 9.04. The molecule has 0 saturated heterocycles. The number of benzene rings is 4. The lowest BCUT2D eigenvalue weighted by Gasteiger charge is -2.51. The van der Waals surface area contributed by atoms with Crippen molar-refractivity contribution in [2.75, 3.05) is 9.80 Å². The van der Waals surface area contributed by atoms with Gasteiger partial charge in [0.1, 0.15) is 0 Å². The van der Waals surface area contributed by atoms with Gasteiger partial charge in [-0.3, -0.25) is 34.7 Å². The quantitative estimate of drug-likeness (QED) is 0.108. The zero-order valence-corrected chi connectivity index (χ0v) is 30.0. The van der Waals surface area contributed by atoms with E-state index >= 15 is 0 Å². The molecule has 2 amide bonds. The van der Waals surface area contributed by atoms with E-state index in [-0.39, 0.29) is 23.2 Å². The third kappa shape index (κ3) is 6.55. The van der Waals surface area contributed by atoms with E-state index in [1.807, 2.05) is 57.7 Å². The monoisotopic (exact) mass is 696 g/mol. The molecule has 2 aliphatic heterocycles. The van der Waals surface area contributed by atoms with E-state index in [9.17, 15) is 29.8 Å². The first-order valence-corrected chi connectivity index (χ1v) is 17.0. The third-order valence-electron chi connectivity index (χ3n) is 10.1. The number of amides is 2. The lowest BCUT2D eigenvalue weighted by atomic mass is 9.65. The normalized spacial score (nSPS) is 18.8. The van der Waals surface area contributed by atoms with Crippen molar-refractivity contribution in [3.8, 4) is 0 Å². The number of carbonyl (C=O) groups is 2. The van der Waals surface area contributed by atoms with Crippen molar-refractivity contribution in [2.24, 2.45) is 0 Å². The van der Waals surface area contributed by atoms with E-state index in [4.69, 9.17) is 0 Å². The highest BCUT2D eigenvalue weighted by Crippen LogP contribution is 2.52. The van der Waals surface area contributed by atoms with Crippen LogP contribution in [-0.2, 0) is 15.0 Å². The van der Waals surface area contributed by atoms with Crippen LogP contribution in [0, 0.1) is 20.2 Å². The van der Waals surface area contributed by atoms with Crippen molar-refractivity contribution < 1.29 is 19.4 Å². The molecular formula is C42H40N4O6. The summed E-state index contributed by atoms with van der Waals surface area (Å²) >= 11 is 0. The van der Waals surface area contributed by atoms with Crippen molar-refractivity contribution in [1.82, 2.24) is 0 Å². The minimum absolute atomic E-state index is 0.0167. The smallest absolute Gasteiger partial charge is 0.269 e. The summed E-state index contributed by atoms with van der Waals surface area (Å²) in [4.78, 5) is 52.9. The second kappa shape index (κ2) is 13.2. The maximum atomic E-state index is 14.1. The average Bonchev–Trinajstić information content (AvgIpc) is 3.09. The number of rotatable bonds is 7. The van der Waals surface area contributed by atoms with Gasteiger partial charge in [0.25, 0.3) is 23.2 Å². The SMILES string of the molecule is CC1=CC(C)(C)N(C(=O)/C=C/c2ccc([N+](=O)[O-])cc2)c2cc([C@]3(C)CC(C)(C)N(C(=O)/C=C/c4ccc([N+](=O)[O-])cc4)c4ccccc43)ccc21. The largest absolute Gasteiger partial charge is 0.303 e. The minimum Gasteiger partial charge on any atom is -0.303 e. The Morgan fingerprint density at radius 2 is 1.21 bits per heavy atom. The van der Waals surface area contributed by atoms with Gasteiger partial charge >= 0.3 is 0 Å². The summed E-state index contributed by atoms with van der Waals surface area (Å²) in [6.07, 6.45) is 9.01. The number of carbonyl (C=O) groups excluding carboxylic acids is 2. The van der Waals surface area contributed by atoms with Gasteiger partial charge in [0.05, 0.1) is 21.1 Å². The zero-order chi connectivity index (χ0) is 37.6. The molecule has 0 spiro atoms. The number of hydrogen-bond acceptors (Lipinski definition) is 6. The van der Waals surface area contributed by atoms with E-state index in [1.165, 1.54) is 36.4 Å². The second-order valence-electron chi connectivity index (χ2n) is 14.8. The van der Waals surface area contributed by atoms with Gasteiger partial charge in [-0.1, -0.05) is 43.3 Å². The molecular weight excluding hydrogens is 656 g/mol. The number of nitro groups is 2. The van der Waals surface area contributed by atoms with Crippen molar-refractivity contribution in [1.29, 1.82) is 0 Å². The Morgan fingerprint density at radius 1 is 0.692 bits per heavy atom. The van der Waals surface area contributed by atoms with Crippen molar-refractivity contribution >= 4 is 52.3 Å². The number of nitro benzene ring substituents is 2. The summed E-state index contributed by atoms with van der Waals surface area (Å²) in [5, 5.41) is 22.2. The molecule has 4 aromatic rings. The predicted molar refractivity (Wildman–Crippen MR) is 205 cm³/mol. The Hall–Kier alpha value is -6.16. The van der Waals surface area contributed by atoms with Gasteiger partial charge in [-0.25, -0.2) is 0 Å². The van der Waals surface area contributed by atoms with Crippen LogP contribution >= 0.6 is 0 Å². The number of fused-ring (bicyclic) bond motifs is 2. The fourth-order valence-electron chi connectivity index (χ4n) is 7.85. The van der Waals surface area contributed by atoms with Crippen LogP contribution in [0.1, 0.15) is 75.8 Å². The van der Waals surface area contributed by atoms with E-state index < -0.39 is 26.3 Å². The van der Waals surface area contributed by atoms with Gasteiger partial charge in [-0.05, 0) is 117 Å². The number of non-ortho nitro benzene ring substituents is 2. The van der Waals surface area contributed by atoms with Crippen LogP contribution in [0.4, 0.5) is 22.7 Å². The maximum absolute atomic E-state index is 14.1. The number of nitrogens with zero attached hydrogens (tertiary/aromatic N) is 4. The molecule has 1 atom stereocenters. The maximum Gasteiger partial charge on any atom is 0.269 e. The highest BCUT2D eigenvalue weighted by Gasteiger charge is 2.48. The summed E-state index contributed by atoms with van der Waals surface area (Å²) in [6, 6.07) is 26.3. The molecule has 0 N–H and O–H groups in total. The molecule has 0 aromatic heterocycles. The molecule has 2 heterocycles. The highest BCUT2D eigenvalue weighted by molar-refractivity contribution is 6.08. The lowest BCUT2D eigenvalue weighted by Crippen LogP contribution is -2.55. The van der Waals surface area contributed by atoms with Gasteiger partial charge in [0, 0.05) is 58.6 Å². The van der Waals surface area contributed by atoms with E-state index in [0.29, 0.717) is 17.5 Å². The predicted octanol–water partition coefficient (Wildman–Crippen LogP) is 9.28. The molecule has 0 unspecified atom stereocenters. The standard InChI is InChI=1S/C42H40N4O6/c1-28-26-40(2,3)44(39(48)24-16-30-13-20-33(21-14-30)46(51)52)37-25-31(17-22-34(28)37)42(6)27-41(4,5)43(36-10-8-7-9-35(36)42)38(47)23-15-29-11-18-32(19-12-29)45(49)50/h7-26H,27H2,1-6H3/b23-15+,24-16+/t42-/m0/s1. The zero-order valence-electron chi connectivity index (χ0n) is 30.0. The van der Waals surface area contributed by atoms with Crippen molar-refractivity contribution in [2.45, 2.75) is 64.5 Å². The molecule has 6 rings (SSSR count). The molecule has 0 fully saturated rings. The molecule has 0 radical (unpaired) electrons. The van der Waals surface area contributed by atoms with E-state index in [2.05, 4.69) is 37.3 Å². The Morgan fingerprint density at radius 3 is 1.75 bits per heavy atom. The Balaban J connectivity index is 1.37. The van der Waals surface area contributed by atoms with Crippen LogP contribution in [0.25, 0.3) is 17.7 Å². The summed E-state index contributed by atoms with van der Waals surface area (Å²) in [7, 11) is 0.